The Hall–Kier alpha value is -1.59. The molecule has 5 heteroatoms. The number of piperidine rings is 1. The van der Waals surface area contributed by atoms with Gasteiger partial charge < -0.3 is 19.7 Å². The van der Waals surface area contributed by atoms with Crippen molar-refractivity contribution in [1.29, 1.82) is 0 Å². The summed E-state index contributed by atoms with van der Waals surface area (Å²) < 4.78 is 11.7. The minimum absolute atomic E-state index is 0.0319. The van der Waals surface area contributed by atoms with Gasteiger partial charge in [-0.15, -0.1) is 0 Å². The first kappa shape index (κ1) is 19.7. The molecule has 2 heterocycles. The molecule has 1 aromatic rings. The maximum absolute atomic E-state index is 12.5. The van der Waals surface area contributed by atoms with Crippen LogP contribution in [-0.4, -0.2) is 49.6 Å². The summed E-state index contributed by atoms with van der Waals surface area (Å²) in [4.78, 5) is 14.3. The predicted octanol–water partition coefficient (Wildman–Crippen LogP) is 4.22. The van der Waals surface area contributed by atoms with Crippen molar-refractivity contribution >= 4 is 6.03 Å². The van der Waals surface area contributed by atoms with Crippen molar-refractivity contribution < 1.29 is 14.3 Å². The lowest BCUT2D eigenvalue weighted by molar-refractivity contribution is -0.281. The van der Waals surface area contributed by atoms with Crippen LogP contribution in [0.25, 0.3) is 0 Å². The fraction of sp³-hybridized carbons (Fsp3) is 0.696. The van der Waals surface area contributed by atoms with Gasteiger partial charge in [-0.1, -0.05) is 43.5 Å². The highest BCUT2D eigenvalue weighted by atomic mass is 16.7. The van der Waals surface area contributed by atoms with Gasteiger partial charge in [0.05, 0.1) is 13.2 Å². The van der Waals surface area contributed by atoms with Crippen molar-refractivity contribution in [1.82, 2.24) is 10.2 Å². The third-order valence-corrected chi connectivity index (χ3v) is 6.58. The summed E-state index contributed by atoms with van der Waals surface area (Å²) in [5, 5.41) is 3.08. The monoisotopic (exact) mass is 386 g/mol. The number of urea groups is 1. The zero-order valence-electron chi connectivity index (χ0n) is 17.0. The molecule has 1 aliphatic carbocycles. The van der Waals surface area contributed by atoms with Gasteiger partial charge in [0.25, 0.3) is 0 Å². The van der Waals surface area contributed by atoms with Crippen LogP contribution in [0.4, 0.5) is 4.79 Å². The van der Waals surface area contributed by atoms with E-state index in [9.17, 15) is 4.79 Å². The van der Waals surface area contributed by atoms with E-state index in [2.05, 4.69) is 29.6 Å². The van der Waals surface area contributed by atoms with Crippen molar-refractivity contribution in [3.8, 4) is 0 Å². The van der Waals surface area contributed by atoms with Crippen LogP contribution in [0.15, 0.2) is 24.3 Å². The summed E-state index contributed by atoms with van der Waals surface area (Å²) in [6.45, 7) is 3.61. The molecule has 1 N–H and O–H groups in total. The van der Waals surface area contributed by atoms with E-state index in [0.717, 1.165) is 44.8 Å². The summed E-state index contributed by atoms with van der Waals surface area (Å²) in [6.07, 6.45) is 10.2. The van der Waals surface area contributed by atoms with Crippen LogP contribution >= 0.6 is 0 Å². The van der Waals surface area contributed by atoms with E-state index in [1.807, 2.05) is 4.90 Å². The molecule has 1 spiro atoms. The van der Waals surface area contributed by atoms with Crippen molar-refractivity contribution in [3.63, 3.8) is 0 Å². The number of nitrogens with zero attached hydrogens (tertiary/aromatic N) is 1. The van der Waals surface area contributed by atoms with Gasteiger partial charge >= 0.3 is 6.03 Å². The number of hydrogen-bond acceptors (Lipinski definition) is 3. The maximum atomic E-state index is 12.5. The first-order valence-corrected chi connectivity index (χ1v) is 11.1. The molecule has 1 saturated carbocycles. The lowest BCUT2D eigenvalue weighted by Gasteiger charge is -2.43. The molecule has 2 saturated heterocycles. The van der Waals surface area contributed by atoms with Gasteiger partial charge in [-0.05, 0) is 42.7 Å². The second-order valence-electron chi connectivity index (χ2n) is 8.51. The second kappa shape index (κ2) is 9.27. The topological polar surface area (TPSA) is 50.8 Å². The lowest BCUT2D eigenvalue weighted by atomic mass is 9.84. The molecule has 0 radical (unpaired) electrons. The molecular formula is C23H34N2O3. The van der Waals surface area contributed by atoms with Gasteiger partial charge in [-0.3, -0.25) is 0 Å². The van der Waals surface area contributed by atoms with Crippen LogP contribution in [0.3, 0.4) is 0 Å². The molecule has 2 aliphatic heterocycles. The van der Waals surface area contributed by atoms with E-state index < -0.39 is 5.79 Å². The number of ether oxygens (including phenoxy) is 2. The fourth-order valence-corrected chi connectivity index (χ4v) is 4.77. The highest BCUT2D eigenvalue weighted by molar-refractivity contribution is 5.74. The molecular weight excluding hydrogens is 352 g/mol. The fourth-order valence-electron chi connectivity index (χ4n) is 4.77. The average Bonchev–Trinajstić information content (AvgIpc) is 2.76. The van der Waals surface area contributed by atoms with Crippen LogP contribution in [0.5, 0.6) is 0 Å². The second-order valence-corrected chi connectivity index (χ2v) is 8.51. The van der Waals surface area contributed by atoms with Gasteiger partial charge in [-0.2, -0.15) is 0 Å². The smallest absolute Gasteiger partial charge is 0.317 e. The Morgan fingerprint density at radius 3 is 2.36 bits per heavy atom. The molecule has 28 heavy (non-hydrogen) atoms. The summed E-state index contributed by atoms with van der Waals surface area (Å²) in [7, 11) is 0. The Bertz CT molecular complexity index is 624. The van der Waals surface area contributed by atoms with Gasteiger partial charge in [0.2, 0.25) is 0 Å². The van der Waals surface area contributed by atoms with Crippen molar-refractivity contribution in [2.24, 2.45) is 0 Å². The SMILES string of the molecule is O=C(NCCc1ccc(C2CCCCC2)cc1)N1CCC2(CC1)OCCCO2. The van der Waals surface area contributed by atoms with Crippen LogP contribution in [0, 0.1) is 0 Å². The molecule has 4 rings (SSSR count). The Morgan fingerprint density at radius 1 is 1.00 bits per heavy atom. The third kappa shape index (κ3) is 4.87. The Kier molecular flexibility index (Phi) is 6.53. The molecule has 1 aromatic carbocycles. The molecule has 0 atom stereocenters. The quantitative estimate of drug-likeness (QED) is 0.843. The van der Waals surface area contributed by atoms with Crippen LogP contribution in [-0.2, 0) is 15.9 Å². The minimum atomic E-state index is -0.435. The third-order valence-electron chi connectivity index (χ3n) is 6.58. The number of likely N-dealkylation sites (tertiary alicyclic amines) is 1. The summed E-state index contributed by atoms with van der Waals surface area (Å²) in [6, 6.07) is 9.09. The highest BCUT2D eigenvalue weighted by Crippen LogP contribution is 2.33. The highest BCUT2D eigenvalue weighted by Gasteiger charge is 2.39. The van der Waals surface area contributed by atoms with E-state index in [-0.39, 0.29) is 6.03 Å². The largest absolute Gasteiger partial charge is 0.350 e. The molecule has 154 valence electrons. The van der Waals surface area contributed by atoms with Gasteiger partial charge in [-0.25, -0.2) is 4.79 Å². The van der Waals surface area contributed by atoms with Crippen molar-refractivity contribution in [3.05, 3.63) is 35.4 Å². The average molecular weight is 387 g/mol. The maximum Gasteiger partial charge on any atom is 0.317 e. The number of nitrogens with one attached hydrogen (secondary N) is 1. The zero-order valence-corrected chi connectivity index (χ0v) is 17.0. The van der Waals surface area contributed by atoms with Crippen molar-refractivity contribution in [2.45, 2.75) is 69.5 Å². The van der Waals surface area contributed by atoms with Crippen LogP contribution < -0.4 is 5.32 Å². The number of rotatable bonds is 4. The number of amides is 2. The normalized spacial score (nSPS) is 22.9. The molecule has 0 bridgehead atoms. The summed E-state index contributed by atoms with van der Waals surface area (Å²) in [5.74, 6) is 0.316. The van der Waals surface area contributed by atoms with Crippen molar-refractivity contribution in [2.75, 3.05) is 32.8 Å². The molecule has 0 unspecified atom stereocenters. The Morgan fingerprint density at radius 2 is 1.68 bits per heavy atom. The number of benzene rings is 1. The zero-order chi connectivity index (χ0) is 19.2. The van der Waals surface area contributed by atoms with E-state index >= 15 is 0 Å². The molecule has 3 aliphatic rings. The van der Waals surface area contributed by atoms with Crippen LogP contribution in [0.1, 0.15) is 68.4 Å². The Labute approximate surface area is 168 Å². The summed E-state index contributed by atoms with van der Waals surface area (Å²) >= 11 is 0. The minimum Gasteiger partial charge on any atom is -0.350 e. The van der Waals surface area contributed by atoms with Gasteiger partial charge in [0, 0.05) is 32.5 Å². The lowest BCUT2D eigenvalue weighted by Crippen LogP contribution is -2.53. The predicted molar refractivity (Wildman–Crippen MR) is 109 cm³/mol. The molecule has 3 fully saturated rings. The number of hydrogen-bond donors (Lipinski definition) is 1. The molecule has 5 nitrogen and oxygen atoms in total. The first-order valence-electron chi connectivity index (χ1n) is 11.1. The van der Waals surface area contributed by atoms with E-state index in [4.69, 9.17) is 9.47 Å². The standard InChI is InChI=1S/C23H34N2O3/c26-22(25-15-12-23(13-16-25)27-17-4-18-28-23)24-14-11-19-7-9-21(10-8-19)20-5-2-1-3-6-20/h7-10,20H,1-6,11-18H2,(H,24,26). The Balaban J connectivity index is 1.18. The van der Waals surface area contributed by atoms with Gasteiger partial charge in [0.15, 0.2) is 5.79 Å². The van der Waals surface area contributed by atoms with Gasteiger partial charge in [0.1, 0.15) is 0 Å². The van der Waals surface area contributed by atoms with Crippen LogP contribution in [0.2, 0.25) is 0 Å². The summed E-state index contributed by atoms with van der Waals surface area (Å²) in [5.41, 5.74) is 2.78. The number of carbonyl (C=O) groups is 1. The first-order chi connectivity index (χ1) is 13.7. The van der Waals surface area contributed by atoms with E-state index in [1.54, 1.807) is 0 Å². The molecule has 2 amide bonds. The molecule has 0 aromatic heterocycles. The van der Waals surface area contributed by atoms with E-state index in [0.29, 0.717) is 19.6 Å². The number of carbonyl (C=O) groups excluding carboxylic acids is 1. The van der Waals surface area contributed by atoms with E-state index in [1.165, 1.54) is 43.2 Å².